The van der Waals surface area contributed by atoms with E-state index in [2.05, 4.69) is 4.72 Å². The van der Waals surface area contributed by atoms with Crippen molar-refractivity contribution in [2.24, 2.45) is 5.92 Å². The van der Waals surface area contributed by atoms with Crippen LogP contribution in [0.15, 0.2) is 23.1 Å². The predicted octanol–water partition coefficient (Wildman–Crippen LogP) is 2.09. The van der Waals surface area contributed by atoms with Crippen molar-refractivity contribution >= 4 is 21.6 Å². The van der Waals surface area contributed by atoms with E-state index in [0.717, 1.165) is 12.8 Å². The molecule has 0 aromatic heterocycles. The lowest BCUT2D eigenvalue weighted by molar-refractivity contribution is 0.265. The molecular formula is C13H18ClNO3S. The lowest BCUT2D eigenvalue weighted by Gasteiger charge is -2.18. The smallest absolute Gasteiger partial charge is 0.241 e. The topological polar surface area (TPSA) is 66.4 Å². The zero-order valence-electron chi connectivity index (χ0n) is 10.8. The van der Waals surface area contributed by atoms with Crippen molar-refractivity contribution in [3.8, 4) is 0 Å². The maximum Gasteiger partial charge on any atom is 0.241 e. The molecule has 0 radical (unpaired) electrons. The van der Waals surface area contributed by atoms with E-state index in [1.165, 1.54) is 6.07 Å². The molecule has 0 saturated heterocycles. The van der Waals surface area contributed by atoms with Gasteiger partial charge >= 0.3 is 0 Å². The van der Waals surface area contributed by atoms with Gasteiger partial charge in [0.1, 0.15) is 0 Å². The first-order chi connectivity index (χ1) is 8.94. The highest BCUT2D eigenvalue weighted by Gasteiger charge is 2.34. The molecule has 0 amide bonds. The molecule has 0 aliphatic heterocycles. The van der Waals surface area contributed by atoms with Gasteiger partial charge in [-0.25, -0.2) is 13.1 Å². The summed E-state index contributed by atoms with van der Waals surface area (Å²) in [7, 11) is -3.59. The van der Waals surface area contributed by atoms with Crippen LogP contribution in [0.4, 0.5) is 0 Å². The lowest BCUT2D eigenvalue weighted by Crippen LogP contribution is -2.37. The van der Waals surface area contributed by atoms with Gasteiger partial charge in [-0.15, -0.1) is 0 Å². The largest absolute Gasteiger partial charge is 0.396 e. The second-order valence-corrected chi connectivity index (χ2v) is 7.11. The predicted molar refractivity (Wildman–Crippen MR) is 74.7 cm³/mol. The molecule has 1 aliphatic carbocycles. The Morgan fingerprint density at radius 3 is 2.74 bits per heavy atom. The molecule has 6 heteroatoms. The summed E-state index contributed by atoms with van der Waals surface area (Å²) in [5, 5.41) is 9.42. The Morgan fingerprint density at radius 2 is 2.16 bits per heavy atom. The Labute approximate surface area is 118 Å². The van der Waals surface area contributed by atoms with Crippen LogP contribution in [0.5, 0.6) is 0 Å². The van der Waals surface area contributed by atoms with Crippen LogP contribution in [-0.4, -0.2) is 26.2 Å². The fraction of sp³-hybridized carbons (Fsp3) is 0.538. The van der Waals surface area contributed by atoms with Crippen LogP contribution in [0.2, 0.25) is 5.02 Å². The average Bonchev–Trinajstić information content (AvgIpc) is 3.15. The molecule has 1 aliphatic rings. The van der Waals surface area contributed by atoms with Gasteiger partial charge in [-0.3, -0.25) is 0 Å². The number of hydrogen-bond donors (Lipinski definition) is 2. The summed E-state index contributed by atoms with van der Waals surface area (Å²) in [6.45, 7) is 1.72. The Balaban J connectivity index is 2.23. The van der Waals surface area contributed by atoms with Crippen LogP contribution in [-0.2, 0) is 10.0 Å². The minimum Gasteiger partial charge on any atom is -0.396 e. The van der Waals surface area contributed by atoms with Gasteiger partial charge in [0, 0.05) is 17.7 Å². The Bertz CT molecular complexity index is 555. The van der Waals surface area contributed by atoms with Gasteiger partial charge in [-0.05, 0) is 49.8 Å². The summed E-state index contributed by atoms with van der Waals surface area (Å²) >= 11 is 5.86. The molecule has 1 unspecified atom stereocenters. The van der Waals surface area contributed by atoms with Crippen molar-refractivity contribution in [3.63, 3.8) is 0 Å². The maximum atomic E-state index is 12.4. The van der Waals surface area contributed by atoms with Crippen molar-refractivity contribution in [3.05, 3.63) is 28.8 Å². The zero-order valence-corrected chi connectivity index (χ0v) is 12.3. The fourth-order valence-corrected chi connectivity index (χ4v) is 4.00. The first-order valence-electron chi connectivity index (χ1n) is 6.33. The number of aliphatic hydroxyl groups is 1. The minimum absolute atomic E-state index is 0.0157. The molecule has 0 spiro atoms. The van der Waals surface area contributed by atoms with E-state index in [9.17, 15) is 8.42 Å². The van der Waals surface area contributed by atoms with E-state index in [1.54, 1.807) is 19.1 Å². The van der Waals surface area contributed by atoms with Gasteiger partial charge in [0.25, 0.3) is 0 Å². The quantitative estimate of drug-likeness (QED) is 0.845. The molecule has 106 valence electrons. The van der Waals surface area contributed by atoms with Gasteiger partial charge in [0.15, 0.2) is 0 Å². The van der Waals surface area contributed by atoms with Crippen LogP contribution in [0.25, 0.3) is 0 Å². The van der Waals surface area contributed by atoms with Gasteiger partial charge in [-0.2, -0.15) is 0 Å². The third kappa shape index (κ3) is 3.69. The minimum atomic E-state index is -3.59. The first-order valence-corrected chi connectivity index (χ1v) is 8.19. The van der Waals surface area contributed by atoms with E-state index < -0.39 is 10.0 Å². The number of rotatable bonds is 6. The number of benzene rings is 1. The van der Waals surface area contributed by atoms with Crippen molar-refractivity contribution in [2.45, 2.75) is 37.1 Å². The molecule has 19 heavy (non-hydrogen) atoms. The Hall–Kier alpha value is -0.620. The van der Waals surface area contributed by atoms with Gasteiger partial charge in [0.2, 0.25) is 10.0 Å². The van der Waals surface area contributed by atoms with Crippen LogP contribution in [0.1, 0.15) is 24.8 Å². The molecule has 1 aromatic carbocycles. The Kier molecular flexibility index (Phi) is 4.50. The van der Waals surface area contributed by atoms with E-state index in [1.807, 2.05) is 0 Å². The van der Waals surface area contributed by atoms with Gasteiger partial charge in [-0.1, -0.05) is 17.7 Å². The van der Waals surface area contributed by atoms with E-state index in [0.29, 0.717) is 22.9 Å². The molecule has 0 bridgehead atoms. The SMILES string of the molecule is Cc1ccc(Cl)cc1S(=O)(=O)NC(CCO)C1CC1. The van der Waals surface area contributed by atoms with Crippen LogP contribution >= 0.6 is 11.6 Å². The van der Waals surface area contributed by atoms with Crippen LogP contribution < -0.4 is 4.72 Å². The highest BCUT2D eigenvalue weighted by atomic mass is 35.5. The van der Waals surface area contributed by atoms with Crippen molar-refractivity contribution in [1.29, 1.82) is 0 Å². The van der Waals surface area contributed by atoms with Crippen LogP contribution in [0, 0.1) is 12.8 Å². The van der Waals surface area contributed by atoms with E-state index in [4.69, 9.17) is 16.7 Å². The molecule has 1 fully saturated rings. The van der Waals surface area contributed by atoms with Crippen molar-refractivity contribution in [2.75, 3.05) is 6.61 Å². The lowest BCUT2D eigenvalue weighted by atomic mass is 10.1. The molecule has 2 rings (SSSR count). The van der Waals surface area contributed by atoms with Gasteiger partial charge in [0.05, 0.1) is 4.90 Å². The summed E-state index contributed by atoms with van der Waals surface area (Å²) in [5.74, 6) is 0.349. The molecule has 0 heterocycles. The third-order valence-corrected chi connectivity index (χ3v) is 5.24. The van der Waals surface area contributed by atoms with Crippen molar-refractivity contribution < 1.29 is 13.5 Å². The molecule has 1 saturated carbocycles. The molecule has 1 aromatic rings. The number of hydrogen-bond acceptors (Lipinski definition) is 3. The summed E-state index contributed by atoms with van der Waals surface area (Å²) in [5.41, 5.74) is 0.662. The highest BCUT2D eigenvalue weighted by molar-refractivity contribution is 7.89. The van der Waals surface area contributed by atoms with Crippen LogP contribution in [0.3, 0.4) is 0 Å². The summed E-state index contributed by atoms with van der Waals surface area (Å²) in [4.78, 5) is 0.212. The summed E-state index contributed by atoms with van der Waals surface area (Å²) in [6, 6.07) is 4.63. The zero-order chi connectivity index (χ0) is 14.0. The Morgan fingerprint density at radius 1 is 1.47 bits per heavy atom. The number of aliphatic hydroxyl groups excluding tert-OH is 1. The first kappa shape index (κ1) is 14.8. The molecule has 2 N–H and O–H groups in total. The standard InChI is InChI=1S/C13H18ClNO3S/c1-9-2-5-11(14)8-13(9)19(17,18)15-12(6-7-16)10-3-4-10/h2,5,8,10,12,15-16H,3-4,6-7H2,1H3. The fourth-order valence-electron chi connectivity index (χ4n) is 2.15. The third-order valence-electron chi connectivity index (χ3n) is 3.38. The summed E-state index contributed by atoms with van der Waals surface area (Å²) < 4.78 is 27.4. The second kappa shape index (κ2) is 5.79. The van der Waals surface area contributed by atoms with E-state index in [-0.39, 0.29) is 17.5 Å². The normalized spacial score (nSPS) is 17.4. The average molecular weight is 304 g/mol. The number of aryl methyl sites for hydroxylation is 1. The number of sulfonamides is 1. The number of nitrogens with one attached hydrogen (secondary N) is 1. The van der Waals surface area contributed by atoms with Crippen molar-refractivity contribution in [1.82, 2.24) is 4.72 Å². The monoisotopic (exact) mass is 303 g/mol. The second-order valence-electron chi connectivity index (χ2n) is 4.99. The highest BCUT2D eigenvalue weighted by Crippen LogP contribution is 2.35. The maximum absolute atomic E-state index is 12.4. The molecule has 1 atom stereocenters. The van der Waals surface area contributed by atoms with E-state index >= 15 is 0 Å². The van der Waals surface area contributed by atoms with Gasteiger partial charge < -0.3 is 5.11 Å². The molecular weight excluding hydrogens is 286 g/mol. The summed E-state index contributed by atoms with van der Waals surface area (Å²) in [6.07, 6.45) is 2.48. The number of halogens is 1. The molecule has 4 nitrogen and oxygen atoms in total.